The van der Waals surface area contributed by atoms with Crippen LogP contribution in [0.2, 0.25) is 0 Å². The number of carbonyl (C=O) groups excluding carboxylic acids is 2. The SMILES string of the molecule is COCC(C)NC(=O)COC(=O)Cc1cccc(N)c1. The van der Waals surface area contributed by atoms with Crippen LogP contribution in [0.5, 0.6) is 0 Å². The van der Waals surface area contributed by atoms with Gasteiger partial charge in [-0.1, -0.05) is 12.1 Å². The predicted molar refractivity (Wildman–Crippen MR) is 75.0 cm³/mol. The van der Waals surface area contributed by atoms with E-state index in [2.05, 4.69) is 5.32 Å². The van der Waals surface area contributed by atoms with E-state index in [-0.39, 0.29) is 25.0 Å². The normalized spacial score (nSPS) is 11.7. The van der Waals surface area contributed by atoms with Gasteiger partial charge < -0.3 is 20.5 Å². The number of nitrogens with one attached hydrogen (secondary N) is 1. The van der Waals surface area contributed by atoms with Gasteiger partial charge in [0.25, 0.3) is 5.91 Å². The monoisotopic (exact) mass is 280 g/mol. The van der Waals surface area contributed by atoms with Gasteiger partial charge in [-0.05, 0) is 24.6 Å². The average Bonchev–Trinajstić information content (AvgIpc) is 2.36. The number of amides is 1. The molecule has 1 aromatic rings. The highest BCUT2D eigenvalue weighted by molar-refractivity contribution is 5.81. The standard InChI is InChI=1S/C14H20N2O4/c1-10(8-19-2)16-13(17)9-20-14(18)7-11-4-3-5-12(15)6-11/h3-6,10H,7-9,15H2,1-2H3,(H,16,17). The van der Waals surface area contributed by atoms with E-state index < -0.39 is 5.97 Å². The van der Waals surface area contributed by atoms with Crippen LogP contribution in [-0.2, 0) is 25.5 Å². The topological polar surface area (TPSA) is 90.6 Å². The number of benzene rings is 1. The Morgan fingerprint density at radius 3 is 2.80 bits per heavy atom. The maximum absolute atomic E-state index is 11.6. The molecule has 6 nitrogen and oxygen atoms in total. The number of rotatable bonds is 7. The Kier molecular flexibility index (Phi) is 6.52. The van der Waals surface area contributed by atoms with Crippen molar-refractivity contribution in [3.8, 4) is 0 Å². The van der Waals surface area contributed by atoms with Crippen molar-refractivity contribution < 1.29 is 19.1 Å². The van der Waals surface area contributed by atoms with Gasteiger partial charge in [0.15, 0.2) is 6.61 Å². The molecule has 0 aromatic heterocycles. The van der Waals surface area contributed by atoms with Gasteiger partial charge in [-0.25, -0.2) is 0 Å². The number of esters is 1. The van der Waals surface area contributed by atoms with Crippen LogP contribution in [0.4, 0.5) is 5.69 Å². The number of carbonyl (C=O) groups is 2. The molecule has 1 rings (SSSR count). The molecule has 3 N–H and O–H groups in total. The molecule has 1 unspecified atom stereocenters. The smallest absolute Gasteiger partial charge is 0.310 e. The minimum atomic E-state index is -0.467. The molecule has 0 spiro atoms. The maximum Gasteiger partial charge on any atom is 0.310 e. The Balaban J connectivity index is 2.31. The first-order chi connectivity index (χ1) is 9.51. The lowest BCUT2D eigenvalue weighted by molar-refractivity contribution is -0.148. The number of methoxy groups -OCH3 is 1. The molecule has 110 valence electrons. The second-order valence-electron chi connectivity index (χ2n) is 4.51. The van der Waals surface area contributed by atoms with Crippen molar-refractivity contribution in [1.29, 1.82) is 0 Å². The molecule has 0 bridgehead atoms. The summed E-state index contributed by atoms with van der Waals surface area (Å²) in [5.41, 5.74) is 6.95. The van der Waals surface area contributed by atoms with E-state index in [1.54, 1.807) is 38.3 Å². The van der Waals surface area contributed by atoms with E-state index in [4.69, 9.17) is 15.2 Å². The predicted octanol–water partition coefficient (Wildman–Crippen LogP) is 0.506. The molecule has 1 atom stereocenters. The largest absolute Gasteiger partial charge is 0.455 e. The second-order valence-corrected chi connectivity index (χ2v) is 4.51. The van der Waals surface area contributed by atoms with Crippen LogP contribution in [0.25, 0.3) is 0 Å². The van der Waals surface area contributed by atoms with Crippen molar-refractivity contribution in [2.45, 2.75) is 19.4 Å². The summed E-state index contributed by atoms with van der Waals surface area (Å²) in [7, 11) is 1.55. The molecule has 1 aromatic carbocycles. The highest BCUT2D eigenvalue weighted by Crippen LogP contribution is 2.07. The molecule has 0 fully saturated rings. The third kappa shape index (κ3) is 6.19. The van der Waals surface area contributed by atoms with Crippen molar-refractivity contribution in [3.63, 3.8) is 0 Å². The molecule has 0 heterocycles. The number of hydrogen-bond acceptors (Lipinski definition) is 5. The summed E-state index contributed by atoms with van der Waals surface area (Å²) in [5.74, 6) is -0.819. The van der Waals surface area contributed by atoms with E-state index in [1.807, 2.05) is 0 Å². The minimum absolute atomic E-state index is 0.0892. The first kappa shape index (κ1) is 16.0. The third-order valence-electron chi connectivity index (χ3n) is 2.49. The van der Waals surface area contributed by atoms with Gasteiger partial charge in [0.05, 0.1) is 13.0 Å². The van der Waals surface area contributed by atoms with Gasteiger partial charge in [-0.3, -0.25) is 9.59 Å². The average molecular weight is 280 g/mol. The Hall–Kier alpha value is -2.08. The Bertz CT molecular complexity index is 462. The summed E-state index contributed by atoms with van der Waals surface area (Å²) < 4.78 is 9.78. The van der Waals surface area contributed by atoms with E-state index in [0.29, 0.717) is 12.3 Å². The molecule has 20 heavy (non-hydrogen) atoms. The van der Waals surface area contributed by atoms with Crippen LogP contribution in [0, 0.1) is 0 Å². The fourth-order valence-electron chi connectivity index (χ4n) is 1.67. The molecule has 0 aliphatic carbocycles. The fraction of sp³-hybridized carbons (Fsp3) is 0.429. The highest BCUT2D eigenvalue weighted by Gasteiger charge is 2.11. The third-order valence-corrected chi connectivity index (χ3v) is 2.49. The van der Waals surface area contributed by atoms with Gasteiger partial charge in [-0.15, -0.1) is 0 Å². The second kappa shape index (κ2) is 8.16. The highest BCUT2D eigenvalue weighted by atomic mass is 16.5. The summed E-state index contributed by atoms with van der Waals surface area (Å²) >= 11 is 0. The number of anilines is 1. The molecular formula is C14H20N2O4. The Morgan fingerprint density at radius 1 is 1.40 bits per heavy atom. The van der Waals surface area contributed by atoms with Crippen LogP contribution in [0.15, 0.2) is 24.3 Å². The van der Waals surface area contributed by atoms with Crippen LogP contribution in [-0.4, -0.2) is 38.2 Å². The molecule has 1 amide bonds. The van der Waals surface area contributed by atoms with Crippen molar-refractivity contribution >= 4 is 17.6 Å². The molecule has 0 saturated carbocycles. The lowest BCUT2D eigenvalue weighted by Gasteiger charge is -2.12. The number of hydrogen-bond donors (Lipinski definition) is 2. The number of ether oxygens (including phenoxy) is 2. The van der Waals surface area contributed by atoms with Crippen molar-refractivity contribution in [2.75, 3.05) is 26.1 Å². The lowest BCUT2D eigenvalue weighted by Crippen LogP contribution is -2.38. The van der Waals surface area contributed by atoms with Gasteiger partial charge in [0.2, 0.25) is 0 Å². The van der Waals surface area contributed by atoms with Crippen LogP contribution in [0.1, 0.15) is 12.5 Å². The van der Waals surface area contributed by atoms with Crippen molar-refractivity contribution in [2.24, 2.45) is 0 Å². The molecule has 0 saturated heterocycles. The van der Waals surface area contributed by atoms with E-state index in [1.165, 1.54) is 0 Å². The van der Waals surface area contributed by atoms with Gasteiger partial charge in [0, 0.05) is 18.8 Å². The first-order valence-corrected chi connectivity index (χ1v) is 6.29. The Morgan fingerprint density at radius 2 is 2.15 bits per heavy atom. The van der Waals surface area contributed by atoms with Gasteiger partial charge >= 0.3 is 5.97 Å². The van der Waals surface area contributed by atoms with Crippen LogP contribution in [0.3, 0.4) is 0 Å². The summed E-state index contributed by atoms with van der Waals surface area (Å²) in [6, 6.07) is 6.84. The lowest BCUT2D eigenvalue weighted by atomic mass is 10.1. The quantitative estimate of drug-likeness (QED) is 0.561. The minimum Gasteiger partial charge on any atom is -0.455 e. The van der Waals surface area contributed by atoms with Crippen LogP contribution >= 0.6 is 0 Å². The number of nitrogen functional groups attached to an aromatic ring is 1. The van der Waals surface area contributed by atoms with E-state index >= 15 is 0 Å². The maximum atomic E-state index is 11.6. The van der Waals surface area contributed by atoms with Crippen molar-refractivity contribution in [1.82, 2.24) is 5.32 Å². The summed E-state index contributed by atoms with van der Waals surface area (Å²) in [6.45, 7) is 1.91. The Labute approximate surface area is 118 Å². The summed E-state index contributed by atoms with van der Waals surface area (Å²) in [6.07, 6.45) is 0.0892. The zero-order valence-electron chi connectivity index (χ0n) is 11.7. The van der Waals surface area contributed by atoms with E-state index in [9.17, 15) is 9.59 Å². The van der Waals surface area contributed by atoms with Crippen molar-refractivity contribution in [3.05, 3.63) is 29.8 Å². The molecule has 6 heteroatoms. The first-order valence-electron chi connectivity index (χ1n) is 6.29. The molecular weight excluding hydrogens is 260 g/mol. The number of nitrogens with two attached hydrogens (primary N) is 1. The molecule has 0 aliphatic rings. The molecule has 0 radical (unpaired) electrons. The van der Waals surface area contributed by atoms with E-state index in [0.717, 1.165) is 5.56 Å². The summed E-state index contributed by atoms with van der Waals surface area (Å²) in [5, 5.41) is 2.65. The van der Waals surface area contributed by atoms with Crippen LogP contribution < -0.4 is 11.1 Å². The van der Waals surface area contributed by atoms with Gasteiger partial charge in [0.1, 0.15) is 0 Å². The van der Waals surface area contributed by atoms with Gasteiger partial charge in [-0.2, -0.15) is 0 Å². The zero-order chi connectivity index (χ0) is 15.0. The summed E-state index contributed by atoms with van der Waals surface area (Å²) in [4.78, 5) is 23.0. The molecule has 0 aliphatic heterocycles. The fourth-order valence-corrected chi connectivity index (χ4v) is 1.67. The zero-order valence-corrected chi connectivity index (χ0v) is 11.7.